The molecule has 3 nitrogen and oxygen atoms in total. The molecule has 1 heterocycles. The van der Waals surface area contributed by atoms with Gasteiger partial charge in [-0.2, -0.15) is 0 Å². The molecule has 1 aromatic rings. The van der Waals surface area contributed by atoms with Gasteiger partial charge in [0.15, 0.2) is 5.17 Å². The van der Waals surface area contributed by atoms with Crippen molar-refractivity contribution in [2.24, 2.45) is 4.99 Å². The van der Waals surface area contributed by atoms with Gasteiger partial charge in [0.2, 0.25) is 0 Å². The molecule has 0 aromatic heterocycles. The van der Waals surface area contributed by atoms with Crippen molar-refractivity contribution >= 4 is 44.8 Å². The van der Waals surface area contributed by atoms with E-state index in [0.717, 1.165) is 20.1 Å². The molecule has 1 aliphatic heterocycles. The van der Waals surface area contributed by atoms with E-state index in [1.165, 1.54) is 11.8 Å². The van der Waals surface area contributed by atoms with Crippen LogP contribution in [-0.2, 0) is 4.79 Å². The van der Waals surface area contributed by atoms with Crippen LogP contribution in [0.1, 0.15) is 33.3 Å². The molecule has 0 atom stereocenters. The van der Waals surface area contributed by atoms with Gasteiger partial charge in [0, 0.05) is 16.6 Å². The Labute approximate surface area is 138 Å². The molecule has 0 saturated carbocycles. The molecule has 1 aliphatic rings. The van der Waals surface area contributed by atoms with Gasteiger partial charge in [0.05, 0.1) is 4.91 Å². The zero-order chi connectivity index (χ0) is 15.6. The predicted octanol–water partition coefficient (Wildman–Crippen LogP) is 4.54. The van der Waals surface area contributed by atoms with Crippen LogP contribution in [0.3, 0.4) is 0 Å². The molecule has 1 amide bonds. The van der Waals surface area contributed by atoms with Crippen LogP contribution in [0.25, 0.3) is 6.08 Å². The summed E-state index contributed by atoms with van der Waals surface area (Å²) < 4.78 is 1.03. The molecule has 0 unspecified atom stereocenters. The van der Waals surface area contributed by atoms with Crippen molar-refractivity contribution in [1.82, 2.24) is 4.90 Å². The van der Waals surface area contributed by atoms with Gasteiger partial charge in [-0.1, -0.05) is 28.1 Å². The third-order valence-corrected chi connectivity index (χ3v) is 4.42. The van der Waals surface area contributed by atoms with Gasteiger partial charge in [0.25, 0.3) is 5.91 Å². The Hall–Kier alpha value is -1.07. The highest BCUT2D eigenvalue weighted by Gasteiger charge is 2.35. The first-order chi connectivity index (χ1) is 9.88. The second-order valence-electron chi connectivity index (χ2n) is 5.44. The van der Waals surface area contributed by atoms with Crippen molar-refractivity contribution in [2.45, 2.75) is 39.8 Å². The third-order valence-electron chi connectivity index (χ3n) is 2.89. The Morgan fingerprint density at radius 3 is 2.33 bits per heavy atom. The minimum atomic E-state index is 0.0392. The average Bonchev–Trinajstić information content (AvgIpc) is 2.68. The molecule has 1 fully saturated rings. The SMILES string of the molecule is CC(C)N=C1S/C(=C/c2ccc(Br)cc2)C(=O)N1C(C)C. The predicted molar refractivity (Wildman–Crippen MR) is 94.3 cm³/mol. The van der Waals surface area contributed by atoms with Gasteiger partial charge in [0.1, 0.15) is 0 Å². The van der Waals surface area contributed by atoms with Crippen LogP contribution in [0.4, 0.5) is 0 Å². The number of aliphatic imine (C=N–C) groups is 1. The molecule has 0 spiro atoms. The lowest BCUT2D eigenvalue weighted by Crippen LogP contribution is -2.35. The summed E-state index contributed by atoms with van der Waals surface area (Å²) in [6.07, 6.45) is 1.93. The number of carbonyl (C=O) groups is 1. The summed E-state index contributed by atoms with van der Waals surface area (Å²) in [6.45, 7) is 8.06. The van der Waals surface area contributed by atoms with E-state index < -0.39 is 0 Å². The Balaban J connectivity index is 2.34. The quantitative estimate of drug-likeness (QED) is 0.735. The lowest BCUT2D eigenvalue weighted by Gasteiger charge is -2.20. The number of hydrogen-bond acceptors (Lipinski definition) is 3. The normalized spacial score (nSPS) is 19.6. The van der Waals surface area contributed by atoms with E-state index in [-0.39, 0.29) is 18.0 Å². The second kappa shape index (κ2) is 6.79. The Morgan fingerprint density at radius 2 is 1.81 bits per heavy atom. The fourth-order valence-corrected chi connectivity index (χ4v) is 3.46. The minimum Gasteiger partial charge on any atom is -0.284 e. The molecule has 2 rings (SSSR count). The molecule has 0 N–H and O–H groups in total. The minimum absolute atomic E-state index is 0.0392. The summed E-state index contributed by atoms with van der Waals surface area (Å²) in [6, 6.07) is 8.20. The fraction of sp³-hybridized carbons (Fsp3) is 0.375. The summed E-state index contributed by atoms with van der Waals surface area (Å²) in [4.78, 5) is 19.6. The van der Waals surface area contributed by atoms with E-state index >= 15 is 0 Å². The van der Waals surface area contributed by atoms with E-state index in [1.54, 1.807) is 4.90 Å². The summed E-state index contributed by atoms with van der Waals surface area (Å²) in [5, 5.41) is 0.799. The zero-order valence-electron chi connectivity index (χ0n) is 12.6. The number of nitrogens with zero attached hydrogens (tertiary/aromatic N) is 2. The monoisotopic (exact) mass is 366 g/mol. The number of carbonyl (C=O) groups excluding carboxylic acids is 1. The van der Waals surface area contributed by atoms with Gasteiger partial charge in [-0.25, -0.2) is 0 Å². The second-order valence-corrected chi connectivity index (χ2v) is 7.36. The van der Waals surface area contributed by atoms with Gasteiger partial charge < -0.3 is 0 Å². The van der Waals surface area contributed by atoms with E-state index in [0.29, 0.717) is 0 Å². The maximum Gasteiger partial charge on any atom is 0.266 e. The van der Waals surface area contributed by atoms with Crippen LogP contribution in [-0.4, -0.2) is 28.1 Å². The number of benzene rings is 1. The van der Waals surface area contributed by atoms with Gasteiger partial charge >= 0.3 is 0 Å². The number of thioether (sulfide) groups is 1. The number of amidine groups is 1. The maximum absolute atomic E-state index is 12.6. The zero-order valence-corrected chi connectivity index (χ0v) is 15.0. The first-order valence-corrected chi connectivity index (χ1v) is 8.56. The summed E-state index contributed by atoms with van der Waals surface area (Å²) in [7, 11) is 0. The topological polar surface area (TPSA) is 32.7 Å². The van der Waals surface area contributed by atoms with Crippen molar-refractivity contribution in [1.29, 1.82) is 0 Å². The lowest BCUT2D eigenvalue weighted by molar-refractivity contribution is -0.123. The molecular weight excluding hydrogens is 348 g/mol. The third kappa shape index (κ3) is 3.98. The Morgan fingerprint density at radius 1 is 1.19 bits per heavy atom. The molecule has 0 bridgehead atoms. The molecule has 5 heteroatoms. The van der Waals surface area contributed by atoms with E-state index in [1.807, 2.05) is 58.0 Å². The standard InChI is InChI=1S/C16H19BrN2OS/c1-10(2)18-16-19(11(3)4)15(20)14(21-16)9-12-5-7-13(17)8-6-12/h5-11H,1-4H3/b14-9+,18-16?. The van der Waals surface area contributed by atoms with Crippen molar-refractivity contribution in [3.8, 4) is 0 Å². The first-order valence-electron chi connectivity index (χ1n) is 6.95. The summed E-state index contributed by atoms with van der Waals surface area (Å²) in [5.41, 5.74) is 1.02. The van der Waals surface area contributed by atoms with Crippen molar-refractivity contribution < 1.29 is 4.79 Å². The van der Waals surface area contributed by atoms with E-state index in [4.69, 9.17) is 0 Å². The molecular formula is C16H19BrN2OS. The Bertz CT molecular complexity index is 591. The number of amides is 1. The van der Waals surface area contributed by atoms with Gasteiger partial charge in [-0.05, 0) is 63.2 Å². The lowest BCUT2D eigenvalue weighted by atomic mass is 10.2. The van der Waals surface area contributed by atoms with Crippen molar-refractivity contribution in [3.63, 3.8) is 0 Å². The molecule has 21 heavy (non-hydrogen) atoms. The van der Waals surface area contributed by atoms with Crippen LogP contribution in [0.15, 0.2) is 38.6 Å². The molecule has 1 saturated heterocycles. The maximum atomic E-state index is 12.6. The summed E-state index contributed by atoms with van der Waals surface area (Å²) >= 11 is 4.87. The Kier molecular flexibility index (Phi) is 5.27. The van der Waals surface area contributed by atoms with Gasteiger partial charge in [-0.3, -0.25) is 14.7 Å². The van der Waals surface area contributed by atoms with Crippen LogP contribution in [0, 0.1) is 0 Å². The number of rotatable bonds is 3. The smallest absolute Gasteiger partial charge is 0.266 e. The molecule has 1 aromatic carbocycles. The van der Waals surface area contributed by atoms with Crippen LogP contribution < -0.4 is 0 Å². The highest BCUT2D eigenvalue weighted by Crippen LogP contribution is 2.34. The first kappa shape index (κ1) is 16.3. The molecule has 112 valence electrons. The van der Waals surface area contributed by atoms with E-state index in [2.05, 4.69) is 20.9 Å². The van der Waals surface area contributed by atoms with Crippen molar-refractivity contribution in [3.05, 3.63) is 39.2 Å². The van der Waals surface area contributed by atoms with Crippen LogP contribution >= 0.6 is 27.7 Å². The highest BCUT2D eigenvalue weighted by molar-refractivity contribution is 9.10. The highest BCUT2D eigenvalue weighted by atomic mass is 79.9. The van der Waals surface area contributed by atoms with Crippen LogP contribution in [0.5, 0.6) is 0 Å². The van der Waals surface area contributed by atoms with E-state index in [9.17, 15) is 4.79 Å². The fourth-order valence-electron chi connectivity index (χ4n) is 1.96. The van der Waals surface area contributed by atoms with Crippen LogP contribution in [0.2, 0.25) is 0 Å². The molecule has 0 aliphatic carbocycles. The van der Waals surface area contributed by atoms with Gasteiger partial charge in [-0.15, -0.1) is 0 Å². The number of halogens is 1. The average molecular weight is 367 g/mol. The largest absolute Gasteiger partial charge is 0.284 e. The summed E-state index contributed by atoms with van der Waals surface area (Å²) in [5.74, 6) is 0.0392. The molecule has 0 radical (unpaired) electrons. The van der Waals surface area contributed by atoms with Crippen molar-refractivity contribution in [2.75, 3.05) is 0 Å². The number of hydrogen-bond donors (Lipinski definition) is 0.